The number of ether oxygens (including phenoxy) is 6. The van der Waals surface area contributed by atoms with Gasteiger partial charge >= 0.3 is 5.97 Å². The van der Waals surface area contributed by atoms with Gasteiger partial charge in [-0.1, -0.05) is 21.6 Å². The molecule has 0 spiro atoms. The van der Waals surface area contributed by atoms with Gasteiger partial charge in [-0.05, 0) is 41.0 Å². The van der Waals surface area contributed by atoms with Gasteiger partial charge in [0.15, 0.2) is 23.0 Å². The van der Waals surface area contributed by atoms with E-state index in [9.17, 15) is 14.7 Å². The van der Waals surface area contributed by atoms with Crippen LogP contribution < -0.4 is 18.9 Å². The van der Waals surface area contributed by atoms with Gasteiger partial charge in [0, 0.05) is 30.2 Å². The Kier molecular flexibility index (Phi) is 7.34. The lowest BCUT2D eigenvalue weighted by atomic mass is 9.67. The van der Waals surface area contributed by atoms with Crippen LogP contribution in [0, 0.1) is 11.8 Å². The van der Waals surface area contributed by atoms with E-state index in [1.165, 1.54) is 25.0 Å². The number of phenols is 1. The third-order valence-corrected chi connectivity index (χ3v) is 10.4. The summed E-state index contributed by atoms with van der Waals surface area (Å²) in [5.41, 5.74) is 2.67. The van der Waals surface area contributed by atoms with Gasteiger partial charge < -0.3 is 38.4 Å². The van der Waals surface area contributed by atoms with Gasteiger partial charge in [0.25, 0.3) is 0 Å². The standard InChI is InChI=1S/C27H29NO9S2/c1-32-20-7-14(8-21(33-2)25(20)30)23-15-9-18-19(37-13-36-18)10-16(15)26(17-11-35-27(31)24(17)23)39-38-12-22(29)28-3-5-34-6-4-28/h7-10,17,23-24,26,30H,3-6,11-13H2,1-2H3/t17-,23+,24-,26+/m0/s1. The summed E-state index contributed by atoms with van der Waals surface area (Å²) in [5.74, 6) is 0.766. The van der Waals surface area contributed by atoms with Crippen LogP contribution >= 0.6 is 21.6 Å². The predicted molar refractivity (Wildman–Crippen MR) is 144 cm³/mol. The van der Waals surface area contributed by atoms with E-state index in [-0.39, 0.29) is 53.7 Å². The molecule has 1 aliphatic carbocycles. The van der Waals surface area contributed by atoms with Crippen molar-refractivity contribution in [2.24, 2.45) is 11.8 Å². The molecule has 3 heterocycles. The molecule has 0 aromatic heterocycles. The number of morpholine rings is 1. The van der Waals surface area contributed by atoms with Crippen molar-refractivity contribution in [3.8, 4) is 28.7 Å². The first-order valence-corrected chi connectivity index (χ1v) is 15.1. The number of cyclic esters (lactones) is 1. The molecule has 1 amide bonds. The number of aromatic hydroxyl groups is 1. The van der Waals surface area contributed by atoms with Crippen LogP contribution in [0.15, 0.2) is 24.3 Å². The van der Waals surface area contributed by atoms with Crippen molar-refractivity contribution in [3.63, 3.8) is 0 Å². The molecule has 4 atom stereocenters. The van der Waals surface area contributed by atoms with Crippen LogP contribution in [0.4, 0.5) is 0 Å². The van der Waals surface area contributed by atoms with E-state index >= 15 is 0 Å². The third-order valence-electron chi connectivity index (χ3n) is 7.70. The number of carbonyl (C=O) groups excluding carboxylic acids is 2. The Morgan fingerprint density at radius 2 is 1.69 bits per heavy atom. The van der Waals surface area contributed by atoms with Crippen molar-refractivity contribution in [2.45, 2.75) is 11.2 Å². The second kappa shape index (κ2) is 10.9. The average Bonchev–Trinajstić information content (AvgIpc) is 3.58. The molecular weight excluding hydrogens is 546 g/mol. The summed E-state index contributed by atoms with van der Waals surface area (Å²) in [6, 6.07) is 7.40. The minimum atomic E-state index is -0.482. The first kappa shape index (κ1) is 26.3. The highest BCUT2D eigenvalue weighted by atomic mass is 33.1. The van der Waals surface area contributed by atoms with Gasteiger partial charge in [-0.15, -0.1) is 0 Å². The molecule has 6 rings (SSSR count). The first-order valence-electron chi connectivity index (χ1n) is 12.7. The van der Waals surface area contributed by atoms with E-state index < -0.39 is 11.8 Å². The molecule has 208 valence electrons. The molecule has 0 unspecified atom stereocenters. The van der Waals surface area contributed by atoms with Crippen molar-refractivity contribution >= 4 is 33.5 Å². The lowest BCUT2D eigenvalue weighted by molar-refractivity contribution is -0.141. The predicted octanol–water partition coefficient (Wildman–Crippen LogP) is 3.35. The monoisotopic (exact) mass is 575 g/mol. The molecule has 1 N–H and O–H groups in total. The van der Waals surface area contributed by atoms with E-state index in [1.807, 2.05) is 17.0 Å². The Bertz CT molecular complexity index is 1260. The Balaban J connectivity index is 1.38. The van der Waals surface area contributed by atoms with Gasteiger partial charge in [-0.3, -0.25) is 9.59 Å². The molecule has 2 aromatic carbocycles. The smallest absolute Gasteiger partial charge is 0.310 e. The number of amides is 1. The van der Waals surface area contributed by atoms with E-state index in [0.717, 1.165) is 16.7 Å². The molecular formula is C27H29NO9S2. The summed E-state index contributed by atoms with van der Waals surface area (Å²) < 4.78 is 33.3. The highest BCUT2D eigenvalue weighted by Gasteiger charge is 2.53. The van der Waals surface area contributed by atoms with Crippen LogP contribution in [0.2, 0.25) is 0 Å². The van der Waals surface area contributed by atoms with E-state index in [0.29, 0.717) is 43.6 Å². The normalized spacial score (nSPS) is 25.1. The number of hydrogen-bond donors (Lipinski definition) is 1. The molecule has 10 nitrogen and oxygen atoms in total. The average molecular weight is 576 g/mol. The van der Waals surface area contributed by atoms with Crippen molar-refractivity contribution in [1.29, 1.82) is 0 Å². The van der Waals surface area contributed by atoms with Gasteiger partial charge in [0.2, 0.25) is 18.4 Å². The quantitative estimate of drug-likeness (QED) is 0.387. The number of carbonyl (C=O) groups is 2. The first-order chi connectivity index (χ1) is 19.0. The topological polar surface area (TPSA) is 113 Å². The Labute approximate surface area is 233 Å². The fourth-order valence-electron chi connectivity index (χ4n) is 5.79. The number of hydrogen-bond acceptors (Lipinski definition) is 11. The number of methoxy groups -OCH3 is 2. The Morgan fingerprint density at radius 3 is 2.36 bits per heavy atom. The molecule has 12 heteroatoms. The van der Waals surface area contributed by atoms with Crippen LogP contribution in [0.1, 0.15) is 27.9 Å². The van der Waals surface area contributed by atoms with Crippen LogP contribution in [-0.4, -0.2) is 81.6 Å². The summed E-state index contributed by atoms with van der Waals surface area (Å²) >= 11 is 0. The maximum absolute atomic E-state index is 13.3. The van der Waals surface area contributed by atoms with Gasteiger partial charge in [0.1, 0.15) is 0 Å². The minimum absolute atomic E-state index is 0.0778. The van der Waals surface area contributed by atoms with Crippen LogP contribution in [0.3, 0.4) is 0 Å². The van der Waals surface area contributed by atoms with Gasteiger partial charge in [0.05, 0.1) is 45.7 Å². The van der Waals surface area contributed by atoms with E-state index in [2.05, 4.69) is 0 Å². The summed E-state index contributed by atoms with van der Waals surface area (Å²) in [5, 5.41) is 10.4. The van der Waals surface area contributed by atoms with E-state index in [1.54, 1.807) is 22.9 Å². The van der Waals surface area contributed by atoms with E-state index in [4.69, 9.17) is 28.4 Å². The fraction of sp³-hybridized carbons (Fsp3) is 0.481. The Morgan fingerprint density at radius 1 is 1.03 bits per heavy atom. The second-order valence-electron chi connectivity index (χ2n) is 9.68. The Hall–Kier alpha value is -2.96. The van der Waals surface area contributed by atoms with Crippen LogP contribution in [-0.2, 0) is 19.1 Å². The number of esters is 1. The molecule has 0 saturated carbocycles. The highest BCUT2D eigenvalue weighted by molar-refractivity contribution is 8.76. The molecule has 0 bridgehead atoms. The van der Waals surface area contributed by atoms with Crippen LogP contribution in [0.5, 0.6) is 28.7 Å². The number of benzene rings is 2. The summed E-state index contributed by atoms with van der Waals surface area (Å²) in [7, 11) is 6.03. The SMILES string of the molecule is COc1cc([C@@H]2c3cc4c(cc3[C@@H](SSCC(=O)N3CCOCC3)[C@H]3COC(=O)[C@H]23)OCO4)cc(OC)c1O. The summed E-state index contributed by atoms with van der Waals surface area (Å²) in [6.45, 7) is 2.73. The van der Waals surface area contributed by atoms with Crippen molar-refractivity contribution in [1.82, 2.24) is 4.90 Å². The largest absolute Gasteiger partial charge is 0.502 e. The molecule has 4 aliphatic rings. The zero-order valence-electron chi connectivity index (χ0n) is 21.5. The molecule has 2 aromatic rings. The maximum Gasteiger partial charge on any atom is 0.310 e. The molecule has 0 radical (unpaired) electrons. The highest BCUT2D eigenvalue weighted by Crippen LogP contribution is 2.60. The van der Waals surface area contributed by atoms with Crippen molar-refractivity contribution in [3.05, 3.63) is 41.0 Å². The lowest BCUT2D eigenvalue weighted by Gasteiger charge is -2.38. The molecule has 39 heavy (non-hydrogen) atoms. The third kappa shape index (κ3) is 4.72. The molecule has 3 aliphatic heterocycles. The van der Waals surface area contributed by atoms with Crippen molar-refractivity contribution < 1.29 is 43.1 Å². The summed E-state index contributed by atoms with van der Waals surface area (Å²) in [6.07, 6.45) is 0. The lowest BCUT2D eigenvalue weighted by Crippen LogP contribution is -2.41. The van der Waals surface area contributed by atoms with Gasteiger partial charge in [-0.25, -0.2) is 0 Å². The number of phenolic OH excluding ortho intramolecular Hbond substituents is 1. The number of fused-ring (bicyclic) bond motifs is 3. The van der Waals surface area contributed by atoms with Crippen molar-refractivity contribution in [2.75, 3.05) is 59.7 Å². The molecule has 2 saturated heterocycles. The molecule has 2 fully saturated rings. The zero-order valence-corrected chi connectivity index (χ0v) is 23.2. The summed E-state index contributed by atoms with van der Waals surface area (Å²) in [4.78, 5) is 27.9. The minimum Gasteiger partial charge on any atom is -0.502 e. The second-order valence-corrected chi connectivity index (χ2v) is 12.2. The zero-order chi connectivity index (χ0) is 27.1. The van der Waals surface area contributed by atoms with Gasteiger partial charge in [-0.2, -0.15) is 0 Å². The fourth-order valence-corrected chi connectivity index (χ4v) is 8.67. The van der Waals surface area contributed by atoms with Crippen LogP contribution in [0.25, 0.3) is 0 Å². The number of nitrogens with zero attached hydrogens (tertiary/aromatic N) is 1. The maximum atomic E-state index is 13.3. The number of rotatable bonds is 7.